The van der Waals surface area contributed by atoms with Gasteiger partial charge in [0.05, 0.1) is 43.3 Å². The molecule has 236 valence electrons. The summed E-state index contributed by atoms with van der Waals surface area (Å²) >= 11 is 0. The number of carboxylic acids is 1. The van der Waals surface area contributed by atoms with Crippen LogP contribution in [0.2, 0.25) is 0 Å². The van der Waals surface area contributed by atoms with Gasteiger partial charge in [-0.3, -0.25) is 19.2 Å². The molecule has 0 aliphatic heterocycles. The SMILES string of the molecule is CO.COC(=O)C1CCC(COc2cccc(O)c2C=O)CC1.O=Cc1c(O)cccc1OCC1CCC(C(=O)O)CC1. The number of aromatic hydroxyl groups is 2. The summed E-state index contributed by atoms with van der Waals surface area (Å²) in [7, 11) is 2.42. The minimum Gasteiger partial charge on any atom is -0.507 e. The molecular weight excluding hydrogens is 560 g/mol. The summed E-state index contributed by atoms with van der Waals surface area (Å²) in [6.45, 7) is 0.925. The van der Waals surface area contributed by atoms with Gasteiger partial charge in [0.2, 0.25) is 0 Å². The van der Waals surface area contributed by atoms with Crippen LogP contribution in [0, 0.1) is 23.7 Å². The Labute approximate surface area is 251 Å². The van der Waals surface area contributed by atoms with Crippen molar-refractivity contribution in [2.24, 2.45) is 23.7 Å². The van der Waals surface area contributed by atoms with E-state index in [1.165, 1.54) is 19.2 Å². The molecule has 43 heavy (non-hydrogen) atoms. The number of carbonyl (C=O) groups excluding carboxylic acids is 3. The predicted octanol–water partition coefficient (Wildman–Crippen LogP) is 4.65. The van der Waals surface area contributed by atoms with Crippen molar-refractivity contribution >= 4 is 24.5 Å². The Morgan fingerprint density at radius 2 is 1.12 bits per heavy atom. The van der Waals surface area contributed by atoms with Gasteiger partial charge in [-0.25, -0.2) is 0 Å². The lowest BCUT2D eigenvalue weighted by molar-refractivity contribution is -0.147. The Morgan fingerprint density at radius 1 is 0.721 bits per heavy atom. The Hall–Kier alpha value is -4.12. The van der Waals surface area contributed by atoms with Crippen molar-refractivity contribution in [2.75, 3.05) is 27.4 Å². The van der Waals surface area contributed by atoms with Gasteiger partial charge in [-0.05, 0) is 87.5 Å². The average Bonchev–Trinajstić information content (AvgIpc) is 3.04. The van der Waals surface area contributed by atoms with E-state index in [1.807, 2.05) is 0 Å². The first-order valence-corrected chi connectivity index (χ1v) is 14.3. The second kappa shape index (κ2) is 18.4. The molecule has 0 saturated heterocycles. The van der Waals surface area contributed by atoms with Crippen LogP contribution in [0.25, 0.3) is 0 Å². The number of carboxylic acid groups (broad SMARTS) is 1. The van der Waals surface area contributed by atoms with Crippen molar-refractivity contribution in [3.63, 3.8) is 0 Å². The van der Waals surface area contributed by atoms with Gasteiger partial charge in [0, 0.05) is 7.11 Å². The summed E-state index contributed by atoms with van der Waals surface area (Å²) < 4.78 is 16.0. The highest BCUT2D eigenvalue weighted by atomic mass is 16.5. The molecule has 4 N–H and O–H groups in total. The number of benzene rings is 2. The van der Waals surface area contributed by atoms with E-state index in [0.29, 0.717) is 62.0 Å². The number of hydrogen-bond acceptors (Lipinski definition) is 10. The number of rotatable bonds is 10. The van der Waals surface area contributed by atoms with Crippen molar-refractivity contribution in [3.05, 3.63) is 47.5 Å². The number of methoxy groups -OCH3 is 1. The van der Waals surface area contributed by atoms with Crippen molar-refractivity contribution in [3.8, 4) is 23.0 Å². The standard InChI is InChI=1S/C16H20O5.C15H18O5.CH4O/c1-20-16(19)12-7-5-11(6-8-12)10-21-15-4-2-3-14(18)13(15)9-17;16-8-12-13(17)2-1-3-14(12)20-9-10-4-6-11(7-5-10)15(18)19;1-2/h2-4,9,11-12,18H,5-8,10H2,1H3;1-3,8,10-11,17H,4-7,9H2,(H,18,19);2H,1H3. The fourth-order valence-electron chi connectivity index (χ4n) is 5.28. The number of esters is 1. The summed E-state index contributed by atoms with van der Waals surface area (Å²) in [6, 6.07) is 9.48. The van der Waals surface area contributed by atoms with E-state index in [0.717, 1.165) is 45.6 Å². The molecule has 2 fully saturated rings. The van der Waals surface area contributed by atoms with E-state index >= 15 is 0 Å². The molecule has 11 nitrogen and oxygen atoms in total. The molecule has 0 unspecified atom stereocenters. The summed E-state index contributed by atoms with van der Waals surface area (Å²) in [6.07, 6.45) is 7.55. The number of hydrogen-bond donors (Lipinski definition) is 4. The van der Waals surface area contributed by atoms with E-state index in [1.54, 1.807) is 24.3 Å². The molecule has 2 aliphatic rings. The third-order valence-corrected chi connectivity index (χ3v) is 7.85. The van der Waals surface area contributed by atoms with Gasteiger partial charge in [-0.15, -0.1) is 0 Å². The summed E-state index contributed by atoms with van der Waals surface area (Å²) in [5.41, 5.74) is 0.340. The number of phenolic OH excluding ortho intramolecular Hbond substituents is 2. The first-order chi connectivity index (χ1) is 20.8. The molecular formula is C32H42O11. The number of aldehydes is 2. The van der Waals surface area contributed by atoms with Crippen LogP contribution >= 0.6 is 0 Å². The maximum atomic E-state index is 11.5. The molecule has 0 bridgehead atoms. The minimum absolute atomic E-state index is 0.00226. The van der Waals surface area contributed by atoms with Gasteiger partial charge < -0.3 is 34.6 Å². The van der Waals surface area contributed by atoms with E-state index in [9.17, 15) is 29.4 Å². The molecule has 2 aromatic carbocycles. The molecule has 4 rings (SSSR count). The lowest BCUT2D eigenvalue weighted by Crippen LogP contribution is -2.25. The zero-order valence-corrected chi connectivity index (χ0v) is 24.6. The first kappa shape index (κ1) is 35.1. The molecule has 11 heteroatoms. The van der Waals surface area contributed by atoms with Crippen LogP contribution in [0.15, 0.2) is 36.4 Å². The van der Waals surface area contributed by atoms with Crippen molar-refractivity contribution in [1.82, 2.24) is 0 Å². The molecule has 0 aromatic heterocycles. The highest BCUT2D eigenvalue weighted by molar-refractivity contribution is 5.84. The normalized spacial score (nSPS) is 21.0. The van der Waals surface area contributed by atoms with Crippen LogP contribution in [0.4, 0.5) is 0 Å². The quantitative estimate of drug-likeness (QED) is 0.220. The first-order valence-electron chi connectivity index (χ1n) is 14.3. The average molecular weight is 603 g/mol. The third-order valence-electron chi connectivity index (χ3n) is 7.85. The van der Waals surface area contributed by atoms with Crippen LogP contribution in [-0.4, -0.2) is 72.4 Å². The Kier molecular flexibility index (Phi) is 15.0. The van der Waals surface area contributed by atoms with Gasteiger partial charge in [0.15, 0.2) is 12.6 Å². The summed E-state index contributed by atoms with van der Waals surface area (Å²) in [5, 5.41) is 35.1. The van der Waals surface area contributed by atoms with E-state index < -0.39 is 5.97 Å². The maximum absolute atomic E-state index is 11.5. The number of carbonyl (C=O) groups is 4. The van der Waals surface area contributed by atoms with Gasteiger partial charge in [0.25, 0.3) is 0 Å². The predicted molar refractivity (Wildman–Crippen MR) is 157 cm³/mol. The monoisotopic (exact) mass is 602 g/mol. The van der Waals surface area contributed by atoms with Crippen LogP contribution in [0.3, 0.4) is 0 Å². The smallest absolute Gasteiger partial charge is 0.308 e. The molecule has 0 spiro atoms. The summed E-state index contributed by atoms with van der Waals surface area (Å²) in [4.78, 5) is 44.2. The number of ether oxygens (including phenoxy) is 3. The largest absolute Gasteiger partial charge is 0.507 e. The van der Waals surface area contributed by atoms with Crippen LogP contribution in [0.5, 0.6) is 23.0 Å². The lowest BCUT2D eigenvalue weighted by Gasteiger charge is -2.26. The Morgan fingerprint density at radius 3 is 1.47 bits per heavy atom. The second-order valence-corrected chi connectivity index (χ2v) is 10.5. The molecule has 2 aromatic rings. The molecule has 0 heterocycles. The lowest BCUT2D eigenvalue weighted by atomic mass is 9.82. The van der Waals surface area contributed by atoms with Gasteiger partial charge >= 0.3 is 11.9 Å². The molecule has 0 radical (unpaired) electrons. The summed E-state index contributed by atoms with van der Waals surface area (Å²) in [5.74, 6) is 0.172. The zero-order valence-electron chi connectivity index (χ0n) is 24.6. The maximum Gasteiger partial charge on any atom is 0.308 e. The van der Waals surface area contributed by atoms with Gasteiger partial charge in [-0.2, -0.15) is 0 Å². The highest BCUT2D eigenvalue weighted by Crippen LogP contribution is 2.33. The number of aliphatic carboxylic acids is 1. The number of aliphatic hydroxyl groups excluding tert-OH is 1. The number of phenols is 2. The van der Waals surface area contributed by atoms with Crippen molar-refractivity contribution in [2.45, 2.75) is 51.4 Å². The Balaban J connectivity index is 0.000000284. The molecule has 2 saturated carbocycles. The van der Waals surface area contributed by atoms with E-state index in [4.69, 9.17) is 24.4 Å². The topological polar surface area (TPSA) is 177 Å². The Bertz CT molecular complexity index is 1180. The second-order valence-electron chi connectivity index (χ2n) is 10.5. The highest BCUT2D eigenvalue weighted by Gasteiger charge is 2.28. The molecule has 0 atom stereocenters. The molecule has 2 aliphatic carbocycles. The fourth-order valence-corrected chi connectivity index (χ4v) is 5.28. The van der Waals surface area contributed by atoms with Crippen LogP contribution < -0.4 is 9.47 Å². The van der Waals surface area contributed by atoms with E-state index in [-0.39, 0.29) is 40.4 Å². The fraction of sp³-hybridized carbons (Fsp3) is 0.500. The zero-order chi connectivity index (χ0) is 31.8. The van der Waals surface area contributed by atoms with E-state index in [2.05, 4.69) is 0 Å². The van der Waals surface area contributed by atoms with Gasteiger partial charge in [0.1, 0.15) is 23.0 Å². The van der Waals surface area contributed by atoms with Crippen LogP contribution in [0.1, 0.15) is 72.1 Å². The minimum atomic E-state index is -0.722. The van der Waals surface area contributed by atoms with Crippen LogP contribution in [-0.2, 0) is 14.3 Å². The third kappa shape index (κ3) is 10.6. The van der Waals surface area contributed by atoms with Gasteiger partial charge in [-0.1, -0.05) is 12.1 Å². The number of aliphatic hydroxyl groups is 1. The molecule has 0 amide bonds. The van der Waals surface area contributed by atoms with Crippen molar-refractivity contribution in [1.29, 1.82) is 0 Å². The van der Waals surface area contributed by atoms with Crippen molar-refractivity contribution < 1.29 is 53.8 Å².